The molecule has 1 rings (SSSR count). The Kier molecular flexibility index (Phi) is 9.13. The van der Waals surface area contributed by atoms with Crippen molar-refractivity contribution in [1.29, 1.82) is 0 Å². The van der Waals surface area contributed by atoms with Crippen LogP contribution in [0.3, 0.4) is 0 Å². The zero-order valence-corrected chi connectivity index (χ0v) is 18.0. The predicted molar refractivity (Wildman–Crippen MR) is 110 cm³/mol. The minimum absolute atomic E-state index is 0.0358. The van der Waals surface area contributed by atoms with E-state index in [1.165, 1.54) is 12.8 Å². The van der Waals surface area contributed by atoms with Crippen molar-refractivity contribution in [2.24, 2.45) is 10.9 Å². The lowest BCUT2D eigenvalue weighted by Gasteiger charge is -2.32. The molecule has 1 heterocycles. The third kappa shape index (κ3) is 6.98. The van der Waals surface area contributed by atoms with Gasteiger partial charge in [-0.1, -0.05) is 47.5 Å². The van der Waals surface area contributed by atoms with Crippen molar-refractivity contribution in [1.82, 2.24) is 20.5 Å². The second-order valence-corrected chi connectivity index (χ2v) is 8.05. The summed E-state index contributed by atoms with van der Waals surface area (Å²) in [4.78, 5) is 11.3. The van der Waals surface area contributed by atoms with Crippen molar-refractivity contribution in [3.63, 3.8) is 0 Å². The number of hydrogen-bond acceptors (Lipinski definition) is 4. The molecule has 150 valence electrons. The Labute approximate surface area is 159 Å². The van der Waals surface area contributed by atoms with Crippen molar-refractivity contribution in [3.05, 3.63) is 17.8 Å². The van der Waals surface area contributed by atoms with Crippen LogP contribution in [0, 0.1) is 5.92 Å². The van der Waals surface area contributed by atoms with Crippen LogP contribution < -0.4 is 10.6 Å². The van der Waals surface area contributed by atoms with E-state index in [1.54, 1.807) is 6.20 Å². The van der Waals surface area contributed by atoms with Crippen LogP contribution in [-0.2, 0) is 12.0 Å². The van der Waals surface area contributed by atoms with Crippen molar-refractivity contribution >= 4 is 5.96 Å². The number of likely N-dealkylation sites (N-methyl/N-ethyl adjacent to an activating group) is 1. The zero-order chi connectivity index (χ0) is 19.7. The Morgan fingerprint density at radius 3 is 2.31 bits per heavy atom. The molecule has 0 aliphatic heterocycles. The van der Waals surface area contributed by atoms with E-state index in [0.29, 0.717) is 24.4 Å². The van der Waals surface area contributed by atoms with Crippen molar-refractivity contribution < 1.29 is 4.42 Å². The monoisotopic (exact) mass is 365 g/mol. The molecule has 26 heavy (non-hydrogen) atoms. The average Bonchev–Trinajstić information content (AvgIpc) is 3.05. The van der Waals surface area contributed by atoms with Gasteiger partial charge in [-0.15, -0.1) is 0 Å². The van der Waals surface area contributed by atoms with Gasteiger partial charge in [-0.2, -0.15) is 0 Å². The summed E-state index contributed by atoms with van der Waals surface area (Å²) in [6.45, 7) is 15.1. The third-order valence-electron chi connectivity index (χ3n) is 4.74. The van der Waals surface area contributed by atoms with Gasteiger partial charge in [-0.25, -0.2) is 9.98 Å². The topological polar surface area (TPSA) is 65.7 Å². The van der Waals surface area contributed by atoms with Crippen LogP contribution >= 0.6 is 0 Å². The molecule has 0 aliphatic rings. The molecular weight excluding hydrogens is 326 g/mol. The van der Waals surface area contributed by atoms with Gasteiger partial charge in [-0.05, 0) is 26.9 Å². The van der Waals surface area contributed by atoms with E-state index in [2.05, 4.69) is 81.1 Å². The number of guanidine groups is 1. The Morgan fingerprint density at radius 1 is 1.19 bits per heavy atom. The number of oxazole rings is 1. The first-order valence-electron chi connectivity index (χ1n) is 9.86. The molecule has 0 saturated heterocycles. The minimum atomic E-state index is -0.0358. The molecule has 0 fully saturated rings. The number of aromatic nitrogens is 1. The lowest BCUT2D eigenvalue weighted by molar-refractivity contribution is 0.200. The third-order valence-corrected chi connectivity index (χ3v) is 4.74. The van der Waals surface area contributed by atoms with Gasteiger partial charge in [0.15, 0.2) is 5.96 Å². The molecule has 6 nitrogen and oxygen atoms in total. The maximum absolute atomic E-state index is 5.83. The molecule has 0 bridgehead atoms. The Balaban J connectivity index is 2.75. The maximum Gasteiger partial charge on any atom is 0.216 e. The van der Waals surface area contributed by atoms with E-state index >= 15 is 0 Å². The lowest BCUT2D eigenvalue weighted by atomic mass is 9.93. The highest BCUT2D eigenvalue weighted by molar-refractivity contribution is 5.79. The van der Waals surface area contributed by atoms with E-state index in [0.717, 1.165) is 24.8 Å². The fourth-order valence-electron chi connectivity index (χ4n) is 3.02. The summed E-state index contributed by atoms with van der Waals surface area (Å²) in [6, 6.07) is 0.475. The molecule has 0 saturated carbocycles. The number of hydrogen-bond donors (Lipinski definition) is 2. The van der Waals surface area contributed by atoms with Crippen molar-refractivity contribution in [3.8, 4) is 0 Å². The second-order valence-electron chi connectivity index (χ2n) is 8.05. The van der Waals surface area contributed by atoms with Gasteiger partial charge in [0, 0.05) is 24.5 Å². The van der Waals surface area contributed by atoms with Crippen LogP contribution in [0.4, 0.5) is 0 Å². The molecule has 0 aromatic carbocycles. The first-order chi connectivity index (χ1) is 12.2. The van der Waals surface area contributed by atoms with E-state index < -0.39 is 0 Å². The van der Waals surface area contributed by atoms with Crippen molar-refractivity contribution in [2.75, 3.05) is 27.2 Å². The molecule has 1 aromatic heterocycles. The summed E-state index contributed by atoms with van der Waals surface area (Å²) in [7, 11) is 4.30. The Bertz CT molecular complexity index is 541. The number of nitrogens with zero attached hydrogens (tertiary/aromatic N) is 3. The highest BCUT2D eigenvalue weighted by Crippen LogP contribution is 2.22. The largest absolute Gasteiger partial charge is 0.443 e. The van der Waals surface area contributed by atoms with Gasteiger partial charge in [0.05, 0.1) is 6.20 Å². The molecule has 0 amide bonds. The molecule has 1 atom stereocenters. The molecule has 0 radical (unpaired) electrons. The van der Waals surface area contributed by atoms with Crippen LogP contribution in [0.25, 0.3) is 0 Å². The molecule has 6 heteroatoms. The smallest absolute Gasteiger partial charge is 0.216 e. The van der Waals surface area contributed by atoms with Crippen molar-refractivity contribution in [2.45, 2.75) is 72.4 Å². The molecule has 1 aromatic rings. The van der Waals surface area contributed by atoms with E-state index in [9.17, 15) is 0 Å². The Morgan fingerprint density at radius 2 is 1.85 bits per heavy atom. The maximum atomic E-state index is 5.83. The van der Waals surface area contributed by atoms with Gasteiger partial charge in [0.25, 0.3) is 0 Å². The SMILES string of the molecule is CCNC(=NCc1ncc(C(C)(C)C)o1)NCC(C(CC)CC)N(C)C. The second kappa shape index (κ2) is 10.6. The Hall–Kier alpha value is -1.56. The highest BCUT2D eigenvalue weighted by Gasteiger charge is 2.21. The van der Waals surface area contributed by atoms with Gasteiger partial charge in [0.2, 0.25) is 5.89 Å². The van der Waals surface area contributed by atoms with E-state index in [1.807, 2.05) is 0 Å². The minimum Gasteiger partial charge on any atom is -0.443 e. The summed E-state index contributed by atoms with van der Waals surface area (Å²) >= 11 is 0. The average molecular weight is 366 g/mol. The summed E-state index contributed by atoms with van der Waals surface area (Å²) in [6.07, 6.45) is 4.17. The standard InChI is InChI=1S/C20H39N5O/c1-9-15(10-2)16(25(7)8)12-23-19(21-11-3)24-14-18-22-13-17(26-18)20(4,5)6/h13,15-16H,9-12,14H2,1-8H3,(H2,21,23,24). The van der Waals surface area contributed by atoms with Crippen LogP contribution in [0.2, 0.25) is 0 Å². The first kappa shape index (κ1) is 22.5. The quantitative estimate of drug-likeness (QED) is 0.519. The van der Waals surface area contributed by atoms with Gasteiger partial charge < -0.3 is 20.0 Å². The number of rotatable bonds is 9. The highest BCUT2D eigenvalue weighted by atomic mass is 16.4. The fraction of sp³-hybridized carbons (Fsp3) is 0.800. The van der Waals surface area contributed by atoms with Gasteiger partial charge >= 0.3 is 0 Å². The molecule has 1 unspecified atom stereocenters. The summed E-state index contributed by atoms with van der Waals surface area (Å²) < 4.78 is 5.83. The summed E-state index contributed by atoms with van der Waals surface area (Å²) in [5, 5.41) is 6.80. The first-order valence-corrected chi connectivity index (χ1v) is 9.86. The van der Waals surface area contributed by atoms with E-state index in [4.69, 9.17) is 4.42 Å². The van der Waals surface area contributed by atoms with Crippen LogP contribution in [0.5, 0.6) is 0 Å². The van der Waals surface area contributed by atoms with E-state index in [-0.39, 0.29) is 5.41 Å². The molecule has 0 spiro atoms. The number of aliphatic imine (C=N–C) groups is 1. The van der Waals surface area contributed by atoms with Gasteiger partial charge in [-0.3, -0.25) is 0 Å². The molecular formula is C20H39N5O. The van der Waals surface area contributed by atoms with Crippen LogP contribution in [0.15, 0.2) is 15.6 Å². The molecule has 2 N–H and O–H groups in total. The fourth-order valence-corrected chi connectivity index (χ4v) is 3.02. The summed E-state index contributed by atoms with van der Waals surface area (Å²) in [5.74, 6) is 3.01. The zero-order valence-electron chi connectivity index (χ0n) is 18.0. The predicted octanol–water partition coefficient (Wildman–Crippen LogP) is 3.39. The number of nitrogens with one attached hydrogen (secondary N) is 2. The summed E-state index contributed by atoms with van der Waals surface area (Å²) in [5.41, 5.74) is -0.0358. The normalized spacial score (nSPS) is 14.2. The lowest BCUT2D eigenvalue weighted by Crippen LogP contribution is -2.48. The van der Waals surface area contributed by atoms with Crippen LogP contribution in [0.1, 0.15) is 66.0 Å². The van der Waals surface area contributed by atoms with Crippen LogP contribution in [-0.4, -0.2) is 49.1 Å². The van der Waals surface area contributed by atoms with Gasteiger partial charge in [0.1, 0.15) is 12.3 Å². The molecule has 0 aliphatic carbocycles.